The molecule has 0 saturated heterocycles. The quantitative estimate of drug-likeness (QED) is 0.280. The largest absolute Gasteiger partial charge is 0.493 e. The molecule has 0 aromatic heterocycles. The average molecular weight is 410 g/mol. The van der Waals surface area contributed by atoms with Crippen molar-refractivity contribution in [1.82, 2.24) is 4.90 Å². The molecule has 0 spiro atoms. The molecule has 1 aromatic carbocycles. The Kier molecular flexibility index (Phi) is 7.53. The molecule has 1 aliphatic heterocycles. The van der Waals surface area contributed by atoms with Crippen molar-refractivity contribution in [3.05, 3.63) is 53.1 Å². The van der Waals surface area contributed by atoms with E-state index >= 15 is 0 Å². The summed E-state index contributed by atoms with van der Waals surface area (Å²) in [4.78, 5) is 37.3. The summed E-state index contributed by atoms with van der Waals surface area (Å²) in [6.45, 7) is 6.38. The van der Waals surface area contributed by atoms with Crippen molar-refractivity contribution >= 4 is 23.9 Å². The van der Waals surface area contributed by atoms with E-state index in [-0.39, 0.29) is 29.9 Å². The highest BCUT2D eigenvalue weighted by atomic mass is 16.5. The molecule has 0 saturated carbocycles. The van der Waals surface area contributed by atoms with Gasteiger partial charge in [0, 0.05) is 12.5 Å². The first-order valence-electron chi connectivity index (χ1n) is 9.08. The van der Waals surface area contributed by atoms with Crippen molar-refractivity contribution in [2.75, 3.05) is 26.9 Å². The zero-order chi connectivity index (χ0) is 22.3. The Morgan fingerprint density at radius 1 is 1.27 bits per heavy atom. The minimum atomic E-state index is -0.713. The predicted molar refractivity (Wildman–Crippen MR) is 108 cm³/mol. The molecule has 30 heavy (non-hydrogen) atoms. The average Bonchev–Trinajstić information content (AvgIpc) is 2.72. The first kappa shape index (κ1) is 22.4. The van der Waals surface area contributed by atoms with Crippen molar-refractivity contribution in [3.8, 4) is 17.6 Å². The van der Waals surface area contributed by atoms with E-state index in [0.717, 1.165) is 4.90 Å². The van der Waals surface area contributed by atoms with Crippen LogP contribution < -0.4 is 9.47 Å². The van der Waals surface area contributed by atoms with Crippen LogP contribution in [0.1, 0.15) is 19.4 Å². The van der Waals surface area contributed by atoms with Crippen LogP contribution in [0.15, 0.2) is 47.6 Å². The molecule has 1 aromatic rings. The minimum Gasteiger partial charge on any atom is -0.493 e. The van der Waals surface area contributed by atoms with Gasteiger partial charge in [0.1, 0.15) is 24.9 Å². The molecule has 0 N–H and O–H groups in total. The van der Waals surface area contributed by atoms with Gasteiger partial charge in [0.15, 0.2) is 11.5 Å². The molecule has 0 atom stereocenters. The van der Waals surface area contributed by atoms with Gasteiger partial charge in [0.05, 0.1) is 13.7 Å². The van der Waals surface area contributed by atoms with Gasteiger partial charge < -0.3 is 14.2 Å². The van der Waals surface area contributed by atoms with Crippen LogP contribution in [0.2, 0.25) is 0 Å². The second kappa shape index (κ2) is 10.1. The Bertz CT molecular complexity index is 984. The molecule has 0 radical (unpaired) electrons. The maximum Gasteiger partial charge on any atom is 0.302 e. The Labute approximate surface area is 174 Å². The zero-order valence-corrected chi connectivity index (χ0v) is 17.1. The van der Waals surface area contributed by atoms with Crippen molar-refractivity contribution < 1.29 is 28.6 Å². The summed E-state index contributed by atoms with van der Waals surface area (Å²) in [7, 11) is 1.49. The molecule has 2 rings (SSSR count). The van der Waals surface area contributed by atoms with Crippen LogP contribution >= 0.6 is 0 Å². The van der Waals surface area contributed by atoms with Gasteiger partial charge in [-0.05, 0) is 36.3 Å². The number of ether oxygens (including phenoxy) is 3. The lowest BCUT2D eigenvalue weighted by atomic mass is 9.93. The number of esters is 1. The van der Waals surface area contributed by atoms with E-state index in [1.807, 2.05) is 6.07 Å². The van der Waals surface area contributed by atoms with Crippen LogP contribution in [0.4, 0.5) is 0 Å². The fraction of sp³-hybridized carbons (Fsp3) is 0.273. The van der Waals surface area contributed by atoms with Gasteiger partial charge >= 0.3 is 5.97 Å². The third-order valence-corrected chi connectivity index (χ3v) is 4.30. The summed E-state index contributed by atoms with van der Waals surface area (Å²) in [5, 5.41) is 9.41. The second-order valence-electron chi connectivity index (χ2n) is 6.28. The Morgan fingerprint density at radius 3 is 2.60 bits per heavy atom. The van der Waals surface area contributed by atoms with E-state index in [2.05, 4.69) is 6.58 Å². The maximum absolute atomic E-state index is 12.9. The molecule has 8 heteroatoms. The molecule has 0 bridgehead atoms. The second-order valence-corrected chi connectivity index (χ2v) is 6.28. The number of rotatable bonds is 8. The first-order valence-corrected chi connectivity index (χ1v) is 9.08. The number of carbonyl (C=O) groups is 3. The van der Waals surface area contributed by atoms with Crippen molar-refractivity contribution in [2.45, 2.75) is 13.8 Å². The lowest BCUT2D eigenvalue weighted by Crippen LogP contribution is -2.44. The van der Waals surface area contributed by atoms with Gasteiger partial charge in [-0.15, -0.1) is 0 Å². The van der Waals surface area contributed by atoms with Gasteiger partial charge in [-0.2, -0.15) is 5.26 Å². The van der Waals surface area contributed by atoms with Crippen LogP contribution in [0.25, 0.3) is 6.08 Å². The molecular weight excluding hydrogens is 388 g/mol. The molecule has 156 valence electrons. The number of carbonyl (C=O) groups excluding carboxylic acids is 3. The van der Waals surface area contributed by atoms with Crippen molar-refractivity contribution in [1.29, 1.82) is 5.26 Å². The Balaban J connectivity index is 2.43. The Hall–Kier alpha value is -3.86. The number of hydrogen-bond acceptors (Lipinski definition) is 7. The normalized spacial score (nSPS) is 15.1. The summed E-state index contributed by atoms with van der Waals surface area (Å²) < 4.78 is 15.7. The Morgan fingerprint density at radius 2 is 2.00 bits per heavy atom. The van der Waals surface area contributed by atoms with Gasteiger partial charge in [0.2, 0.25) is 0 Å². The smallest absolute Gasteiger partial charge is 0.302 e. The van der Waals surface area contributed by atoms with Crippen molar-refractivity contribution in [2.24, 2.45) is 0 Å². The number of hydrogen-bond donors (Lipinski definition) is 0. The summed E-state index contributed by atoms with van der Waals surface area (Å²) in [6.07, 6.45) is 3.18. The summed E-state index contributed by atoms with van der Waals surface area (Å²) in [5.74, 6) is -0.845. The molecular formula is C22H22N2O6. The summed E-state index contributed by atoms with van der Waals surface area (Å²) >= 11 is 0. The number of methoxy groups -OCH3 is 1. The molecule has 1 aliphatic rings. The third-order valence-electron chi connectivity index (χ3n) is 4.30. The number of nitrogens with zero attached hydrogens (tertiary/aromatic N) is 2. The van der Waals surface area contributed by atoms with Gasteiger partial charge in [0.25, 0.3) is 11.8 Å². The molecule has 0 unspecified atom stereocenters. The van der Waals surface area contributed by atoms with Gasteiger partial charge in [-0.1, -0.05) is 18.7 Å². The standard InChI is InChI=1S/C22H22N2O6/c1-5-9-30-19-7-6-16(12-20(19)28-4)11-17-14(2)18(13-23)22(27)24(21(17)26)8-10-29-15(3)25/h5-7,11-12H,1,8-10H2,2-4H3/b17-11+. The van der Waals surface area contributed by atoms with E-state index in [0.29, 0.717) is 23.7 Å². The van der Waals surface area contributed by atoms with Crippen LogP contribution in [0.3, 0.4) is 0 Å². The van der Waals surface area contributed by atoms with E-state index < -0.39 is 17.8 Å². The van der Waals surface area contributed by atoms with E-state index in [4.69, 9.17) is 14.2 Å². The fourth-order valence-electron chi connectivity index (χ4n) is 2.82. The first-order chi connectivity index (χ1) is 14.3. The molecule has 1 heterocycles. The molecule has 0 fully saturated rings. The number of benzene rings is 1. The molecule has 2 amide bonds. The van der Waals surface area contributed by atoms with Crippen LogP contribution in [-0.4, -0.2) is 49.6 Å². The highest BCUT2D eigenvalue weighted by molar-refractivity contribution is 6.19. The minimum absolute atomic E-state index is 0.137. The van der Waals surface area contributed by atoms with Gasteiger partial charge in [-0.3, -0.25) is 19.3 Å². The lowest BCUT2D eigenvalue weighted by molar-refractivity contribution is -0.147. The van der Waals surface area contributed by atoms with Crippen molar-refractivity contribution in [3.63, 3.8) is 0 Å². The van der Waals surface area contributed by atoms with E-state index in [1.165, 1.54) is 14.0 Å². The highest BCUT2D eigenvalue weighted by Gasteiger charge is 2.35. The van der Waals surface area contributed by atoms with Crippen LogP contribution in [-0.2, 0) is 19.1 Å². The van der Waals surface area contributed by atoms with E-state index in [1.54, 1.807) is 37.3 Å². The molecule has 0 aliphatic carbocycles. The highest BCUT2D eigenvalue weighted by Crippen LogP contribution is 2.31. The molecule has 8 nitrogen and oxygen atoms in total. The van der Waals surface area contributed by atoms with Gasteiger partial charge in [-0.25, -0.2) is 0 Å². The monoisotopic (exact) mass is 410 g/mol. The zero-order valence-electron chi connectivity index (χ0n) is 17.1. The predicted octanol–water partition coefficient (Wildman–Crippen LogP) is 2.42. The fourth-order valence-corrected chi connectivity index (χ4v) is 2.82. The number of amides is 2. The van der Waals surface area contributed by atoms with Crippen LogP contribution in [0.5, 0.6) is 11.5 Å². The van der Waals surface area contributed by atoms with E-state index in [9.17, 15) is 19.6 Å². The summed E-state index contributed by atoms with van der Waals surface area (Å²) in [5.41, 5.74) is 0.951. The third kappa shape index (κ3) is 4.94. The summed E-state index contributed by atoms with van der Waals surface area (Å²) in [6, 6.07) is 6.95. The van der Waals surface area contributed by atoms with Crippen LogP contribution in [0, 0.1) is 11.3 Å². The number of imide groups is 1. The lowest BCUT2D eigenvalue weighted by Gasteiger charge is -2.27. The topological polar surface area (TPSA) is 106 Å². The number of nitriles is 1. The maximum atomic E-state index is 12.9. The SMILES string of the molecule is C=CCOc1ccc(/C=C2/C(=O)N(CCOC(C)=O)C(=O)C(C#N)=C2C)cc1OC.